The topological polar surface area (TPSA) is 45.7 Å². The normalized spacial score (nSPS) is 17.4. The first-order valence-corrected chi connectivity index (χ1v) is 8.38. The molecule has 1 atom stereocenters. The Morgan fingerprint density at radius 2 is 2.08 bits per heavy atom. The van der Waals surface area contributed by atoms with E-state index in [1.807, 2.05) is 54.4 Å². The maximum Gasteiger partial charge on any atom is 0.324 e. The van der Waals surface area contributed by atoms with E-state index >= 15 is 0 Å². The lowest BCUT2D eigenvalue weighted by Crippen LogP contribution is -2.51. The highest BCUT2D eigenvalue weighted by Crippen LogP contribution is 2.22. The molecule has 1 aromatic carbocycles. The largest absolute Gasteiger partial charge is 0.490 e. The van der Waals surface area contributed by atoms with E-state index in [1.165, 1.54) is 0 Å². The number of amides is 2. The molecule has 0 spiro atoms. The van der Waals surface area contributed by atoms with Crippen LogP contribution in [0.2, 0.25) is 0 Å². The molecule has 5 heteroatoms. The van der Waals surface area contributed by atoms with Crippen molar-refractivity contribution in [3.05, 3.63) is 54.9 Å². The number of carbonyl (C=O) groups excluding carboxylic acids is 1. The van der Waals surface area contributed by atoms with Gasteiger partial charge in [0.1, 0.15) is 12.4 Å². The molecule has 24 heavy (non-hydrogen) atoms. The molecule has 5 nitrogen and oxygen atoms in total. The Labute approximate surface area is 142 Å². The van der Waals surface area contributed by atoms with Crippen molar-refractivity contribution in [1.29, 1.82) is 0 Å². The summed E-state index contributed by atoms with van der Waals surface area (Å²) in [7, 11) is 1.82. The zero-order chi connectivity index (χ0) is 16.8. The molecule has 1 fully saturated rings. The van der Waals surface area contributed by atoms with E-state index in [4.69, 9.17) is 4.74 Å². The molecular formula is C19H23N3O2. The molecule has 1 aromatic heterocycles. The van der Waals surface area contributed by atoms with Crippen molar-refractivity contribution in [2.24, 2.45) is 0 Å². The van der Waals surface area contributed by atoms with Crippen LogP contribution in [0.5, 0.6) is 5.75 Å². The molecule has 1 unspecified atom stereocenters. The number of para-hydroxylation sites is 1. The Morgan fingerprint density at radius 1 is 1.25 bits per heavy atom. The van der Waals surface area contributed by atoms with Crippen molar-refractivity contribution in [2.75, 3.05) is 25.1 Å². The number of anilines is 1. The summed E-state index contributed by atoms with van der Waals surface area (Å²) >= 11 is 0. The Hall–Kier alpha value is -2.56. The number of hydrogen-bond donors (Lipinski definition) is 0. The fraction of sp³-hybridized carbons (Fsp3) is 0.368. The van der Waals surface area contributed by atoms with Gasteiger partial charge in [0.05, 0.1) is 12.2 Å². The number of pyridine rings is 1. The van der Waals surface area contributed by atoms with Crippen LogP contribution in [-0.2, 0) is 0 Å². The van der Waals surface area contributed by atoms with Crippen LogP contribution in [0.1, 0.15) is 19.3 Å². The fourth-order valence-corrected chi connectivity index (χ4v) is 3.01. The van der Waals surface area contributed by atoms with Crippen LogP contribution in [0.25, 0.3) is 0 Å². The summed E-state index contributed by atoms with van der Waals surface area (Å²) in [6.07, 6.45) is 6.55. The number of nitrogens with zero attached hydrogens (tertiary/aromatic N) is 3. The predicted molar refractivity (Wildman–Crippen MR) is 94.3 cm³/mol. The lowest BCUT2D eigenvalue weighted by Gasteiger charge is -2.37. The first-order valence-electron chi connectivity index (χ1n) is 8.38. The summed E-state index contributed by atoms with van der Waals surface area (Å²) in [5.41, 5.74) is 0.903. The Kier molecular flexibility index (Phi) is 5.31. The molecule has 0 radical (unpaired) electrons. The van der Waals surface area contributed by atoms with Crippen molar-refractivity contribution in [1.82, 2.24) is 9.88 Å². The molecule has 0 N–H and O–H groups in total. The van der Waals surface area contributed by atoms with E-state index in [-0.39, 0.29) is 12.1 Å². The van der Waals surface area contributed by atoms with E-state index in [1.54, 1.807) is 17.3 Å². The van der Waals surface area contributed by atoms with E-state index in [2.05, 4.69) is 4.98 Å². The van der Waals surface area contributed by atoms with Crippen molar-refractivity contribution in [3.8, 4) is 5.75 Å². The van der Waals surface area contributed by atoms with Gasteiger partial charge in [0.2, 0.25) is 0 Å². The molecule has 0 saturated carbocycles. The van der Waals surface area contributed by atoms with Gasteiger partial charge in [-0.05, 0) is 43.5 Å². The van der Waals surface area contributed by atoms with Gasteiger partial charge >= 0.3 is 6.03 Å². The summed E-state index contributed by atoms with van der Waals surface area (Å²) in [4.78, 5) is 20.6. The second-order valence-corrected chi connectivity index (χ2v) is 6.02. The van der Waals surface area contributed by atoms with E-state index in [0.717, 1.165) is 37.2 Å². The SMILES string of the molecule is CN(C(=O)N1CCCCC1COc1cccnc1)c1ccccc1. The van der Waals surface area contributed by atoms with Gasteiger partial charge in [0.15, 0.2) is 0 Å². The maximum absolute atomic E-state index is 12.9. The summed E-state index contributed by atoms with van der Waals surface area (Å²) in [6, 6.07) is 13.6. The van der Waals surface area contributed by atoms with Crippen LogP contribution in [-0.4, -0.2) is 42.2 Å². The third-order valence-electron chi connectivity index (χ3n) is 4.38. The Balaban J connectivity index is 1.66. The second-order valence-electron chi connectivity index (χ2n) is 6.02. The lowest BCUT2D eigenvalue weighted by atomic mass is 10.0. The standard InChI is InChI=1S/C19H23N3O2/c1-21(16-8-3-2-4-9-16)19(23)22-13-6-5-10-17(22)15-24-18-11-7-12-20-14-18/h2-4,7-9,11-12,14,17H,5-6,10,13,15H2,1H3. The minimum absolute atomic E-state index is 0.0284. The van der Waals surface area contributed by atoms with Gasteiger partial charge in [-0.3, -0.25) is 9.88 Å². The summed E-state index contributed by atoms with van der Waals surface area (Å²) < 4.78 is 5.84. The highest BCUT2D eigenvalue weighted by molar-refractivity contribution is 5.91. The maximum atomic E-state index is 12.9. The zero-order valence-electron chi connectivity index (χ0n) is 14.0. The minimum atomic E-state index is 0.0284. The van der Waals surface area contributed by atoms with Crippen LogP contribution in [0.3, 0.4) is 0 Å². The van der Waals surface area contributed by atoms with Crippen molar-refractivity contribution in [2.45, 2.75) is 25.3 Å². The molecular weight excluding hydrogens is 302 g/mol. The third kappa shape index (κ3) is 3.85. The van der Waals surface area contributed by atoms with Crippen LogP contribution < -0.4 is 9.64 Å². The first-order chi connectivity index (χ1) is 11.8. The van der Waals surface area contributed by atoms with Gasteiger partial charge < -0.3 is 9.64 Å². The monoisotopic (exact) mass is 325 g/mol. The summed E-state index contributed by atoms with van der Waals surface area (Å²) in [6.45, 7) is 1.27. The van der Waals surface area contributed by atoms with Crippen molar-refractivity contribution in [3.63, 3.8) is 0 Å². The number of hydrogen-bond acceptors (Lipinski definition) is 3. The van der Waals surface area contributed by atoms with Crippen molar-refractivity contribution < 1.29 is 9.53 Å². The number of rotatable bonds is 4. The number of piperidine rings is 1. The second kappa shape index (κ2) is 7.81. The van der Waals surface area contributed by atoms with Gasteiger partial charge in [0, 0.05) is 25.5 Å². The summed E-state index contributed by atoms with van der Waals surface area (Å²) in [5.74, 6) is 0.742. The van der Waals surface area contributed by atoms with Gasteiger partial charge in [-0.15, -0.1) is 0 Å². The zero-order valence-corrected chi connectivity index (χ0v) is 14.0. The van der Waals surface area contributed by atoms with Gasteiger partial charge in [-0.2, -0.15) is 0 Å². The van der Waals surface area contributed by atoms with E-state index in [0.29, 0.717) is 6.61 Å². The molecule has 2 aromatic rings. The van der Waals surface area contributed by atoms with Crippen molar-refractivity contribution >= 4 is 11.7 Å². The Morgan fingerprint density at radius 3 is 2.83 bits per heavy atom. The number of benzene rings is 1. The van der Waals surface area contributed by atoms with Crippen LogP contribution in [0.15, 0.2) is 54.9 Å². The van der Waals surface area contributed by atoms with E-state index < -0.39 is 0 Å². The molecule has 0 bridgehead atoms. The smallest absolute Gasteiger partial charge is 0.324 e. The quantitative estimate of drug-likeness (QED) is 0.863. The molecule has 3 rings (SSSR count). The fourth-order valence-electron chi connectivity index (χ4n) is 3.01. The molecule has 0 aliphatic carbocycles. The lowest BCUT2D eigenvalue weighted by molar-refractivity contribution is 0.121. The van der Waals surface area contributed by atoms with Crippen LogP contribution in [0.4, 0.5) is 10.5 Å². The van der Waals surface area contributed by atoms with Crippen LogP contribution >= 0.6 is 0 Å². The predicted octanol–water partition coefficient (Wildman–Crippen LogP) is 3.57. The van der Waals surface area contributed by atoms with E-state index in [9.17, 15) is 4.79 Å². The molecule has 1 aliphatic heterocycles. The van der Waals surface area contributed by atoms with Gasteiger partial charge in [-0.25, -0.2) is 4.79 Å². The first kappa shape index (κ1) is 16.3. The molecule has 1 aliphatic rings. The molecule has 126 valence electrons. The number of aromatic nitrogens is 1. The van der Waals surface area contributed by atoms with Gasteiger partial charge in [0.25, 0.3) is 0 Å². The molecule has 2 amide bonds. The number of carbonyl (C=O) groups is 1. The number of urea groups is 1. The highest BCUT2D eigenvalue weighted by atomic mass is 16.5. The summed E-state index contributed by atoms with van der Waals surface area (Å²) in [5, 5.41) is 0. The Bertz CT molecular complexity index is 648. The minimum Gasteiger partial charge on any atom is -0.490 e. The van der Waals surface area contributed by atoms with Crippen LogP contribution in [0, 0.1) is 0 Å². The number of ether oxygens (including phenoxy) is 1. The molecule has 1 saturated heterocycles. The van der Waals surface area contributed by atoms with Gasteiger partial charge in [-0.1, -0.05) is 18.2 Å². The average Bonchev–Trinajstić information content (AvgIpc) is 2.67. The highest BCUT2D eigenvalue weighted by Gasteiger charge is 2.29. The average molecular weight is 325 g/mol. The number of likely N-dealkylation sites (tertiary alicyclic amines) is 1. The third-order valence-corrected chi connectivity index (χ3v) is 4.38. The molecule has 2 heterocycles.